The van der Waals surface area contributed by atoms with Crippen LogP contribution in [-0.2, 0) is 7.05 Å². The second kappa shape index (κ2) is 6.39. The number of rotatable bonds is 3. The summed E-state index contributed by atoms with van der Waals surface area (Å²) in [5, 5.41) is 5.38. The molecular weight excluding hydrogens is 352 g/mol. The van der Waals surface area contributed by atoms with Crippen molar-refractivity contribution in [2.75, 3.05) is 5.32 Å². The first kappa shape index (κ1) is 15.9. The van der Waals surface area contributed by atoms with E-state index in [2.05, 4.69) is 35.1 Å². The van der Waals surface area contributed by atoms with E-state index in [9.17, 15) is 4.79 Å². The zero-order valence-corrected chi connectivity index (χ0v) is 15.1. The molecule has 25 heavy (non-hydrogen) atoms. The van der Waals surface area contributed by atoms with Crippen molar-refractivity contribution in [1.29, 1.82) is 0 Å². The van der Waals surface area contributed by atoms with Crippen molar-refractivity contribution in [3.8, 4) is 10.6 Å². The van der Waals surface area contributed by atoms with Gasteiger partial charge in [0.1, 0.15) is 0 Å². The quantitative estimate of drug-likeness (QED) is 0.487. The summed E-state index contributed by atoms with van der Waals surface area (Å²) in [6.07, 6.45) is 0. The number of para-hydroxylation sites is 1. The molecule has 0 radical (unpaired) electrons. The van der Waals surface area contributed by atoms with Crippen molar-refractivity contribution >= 4 is 44.7 Å². The van der Waals surface area contributed by atoms with Crippen LogP contribution in [0.3, 0.4) is 0 Å². The van der Waals surface area contributed by atoms with Crippen LogP contribution in [0.15, 0.2) is 66.7 Å². The Bertz CT molecular complexity index is 1080. The molecule has 0 atom stereocenters. The topological polar surface area (TPSA) is 34.0 Å². The third kappa shape index (κ3) is 2.95. The number of benzene rings is 2. The molecule has 3 nitrogen and oxygen atoms in total. The monoisotopic (exact) mass is 366 g/mol. The van der Waals surface area contributed by atoms with Gasteiger partial charge >= 0.3 is 0 Å². The van der Waals surface area contributed by atoms with Crippen molar-refractivity contribution in [3.05, 3.63) is 77.3 Å². The zero-order chi connectivity index (χ0) is 17.4. The molecule has 1 amide bonds. The maximum atomic E-state index is 12.4. The summed E-state index contributed by atoms with van der Waals surface area (Å²) in [6.45, 7) is 0. The molecule has 0 saturated heterocycles. The fourth-order valence-corrected chi connectivity index (χ4v) is 4.07. The minimum atomic E-state index is -0.198. The fraction of sp³-hybridized carbons (Fsp3) is 0.0500. The van der Waals surface area contributed by atoms with Gasteiger partial charge < -0.3 is 9.88 Å². The fourth-order valence-electron chi connectivity index (χ4n) is 2.89. The number of carbonyl (C=O) groups excluding carboxylic acids is 1. The minimum absolute atomic E-state index is 0.198. The lowest BCUT2D eigenvalue weighted by Gasteiger charge is -2.04. The molecule has 0 aliphatic carbocycles. The summed E-state index contributed by atoms with van der Waals surface area (Å²) < 4.78 is 2.17. The van der Waals surface area contributed by atoms with Gasteiger partial charge in [0.25, 0.3) is 5.91 Å². The molecule has 0 aliphatic heterocycles. The minimum Gasteiger partial charge on any atom is -0.343 e. The zero-order valence-electron chi connectivity index (χ0n) is 13.5. The largest absolute Gasteiger partial charge is 0.343 e. The van der Waals surface area contributed by atoms with Crippen molar-refractivity contribution in [1.82, 2.24) is 4.57 Å². The molecule has 1 N–H and O–H groups in total. The van der Waals surface area contributed by atoms with Gasteiger partial charge in [0, 0.05) is 18.0 Å². The number of hydrogen-bond acceptors (Lipinski definition) is 2. The second-order valence-corrected chi connectivity index (χ2v) is 7.24. The Balaban J connectivity index is 1.63. The molecule has 0 fully saturated rings. The number of nitrogens with zero attached hydrogens (tertiary/aromatic N) is 1. The van der Waals surface area contributed by atoms with E-state index in [-0.39, 0.29) is 5.91 Å². The third-order valence-electron chi connectivity index (χ3n) is 4.17. The molecule has 2 heterocycles. The van der Waals surface area contributed by atoms with Gasteiger partial charge in [-0.15, -0.1) is 11.3 Å². The van der Waals surface area contributed by atoms with Gasteiger partial charge in [0.15, 0.2) is 0 Å². The highest BCUT2D eigenvalue weighted by Gasteiger charge is 2.13. The molecule has 0 unspecified atom stereocenters. The maximum absolute atomic E-state index is 12.4. The number of amides is 1. The van der Waals surface area contributed by atoms with E-state index in [4.69, 9.17) is 11.6 Å². The second-order valence-electron chi connectivity index (χ2n) is 5.75. The number of carbonyl (C=O) groups is 1. The van der Waals surface area contributed by atoms with E-state index in [1.807, 2.05) is 30.3 Å². The van der Waals surface area contributed by atoms with E-state index in [1.54, 1.807) is 29.5 Å². The maximum Gasteiger partial charge on any atom is 0.257 e. The number of anilines is 1. The van der Waals surface area contributed by atoms with E-state index in [1.165, 1.54) is 10.9 Å². The molecule has 2 aromatic heterocycles. The summed E-state index contributed by atoms with van der Waals surface area (Å²) >= 11 is 7.64. The van der Waals surface area contributed by atoms with Gasteiger partial charge in [-0.2, -0.15) is 0 Å². The van der Waals surface area contributed by atoms with Crippen LogP contribution in [0.5, 0.6) is 0 Å². The Morgan fingerprint density at radius 3 is 2.60 bits per heavy atom. The number of halogens is 1. The Labute approximate surface area is 154 Å². The summed E-state index contributed by atoms with van der Waals surface area (Å²) in [4.78, 5) is 13.5. The van der Waals surface area contributed by atoms with Crippen LogP contribution in [0, 0.1) is 0 Å². The van der Waals surface area contributed by atoms with Crippen LogP contribution in [0.1, 0.15) is 10.4 Å². The summed E-state index contributed by atoms with van der Waals surface area (Å²) in [7, 11) is 2.05. The van der Waals surface area contributed by atoms with Crippen LogP contribution < -0.4 is 5.32 Å². The number of aryl methyl sites for hydroxylation is 1. The van der Waals surface area contributed by atoms with Crippen LogP contribution in [0.4, 0.5) is 5.00 Å². The average Bonchev–Trinajstić information content (AvgIpc) is 3.20. The van der Waals surface area contributed by atoms with Crippen LogP contribution >= 0.6 is 22.9 Å². The number of hydrogen-bond donors (Lipinski definition) is 1. The first-order valence-corrected chi connectivity index (χ1v) is 9.03. The molecule has 0 aliphatic rings. The molecular formula is C20H15ClN2OS. The van der Waals surface area contributed by atoms with Crippen LogP contribution in [-0.4, -0.2) is 10.5 Å². The van der Waals surface area contributed by atoms with Crippen molar-refractivity contribution < 1.29 is 4.79 Å². The third-order valence-corrected chi connectivity index (χ3v) is 5.52. The average molecular weight is 367 g/mol. The van der Waals surface area contributed by atoms with Crippen LogP contribution in [0.2, 0.25) is 5.02 Å². The van der Waals surface area contributed by atoms with Gasteiger partial charge in [-0.3, -0.25) is 4.79 Å². The van der Waals surface area contributed by atoms with E-state index in [0.717, 1.165) is 15.6 Å². The van der Waals surface area contributed by atoms with Crippen molar-refractivity contribution in [2.24, 2.45) is 7.05 Å². The molecule has 0 bridgehead atoms. The number of nitrogens with one attached hydrogen (secondary N) is 1. The van der Waals surface area contributed by atoms with Gasteiger partial charge in [0.2, 0.25) is 0 Å². The van der Waals surface area contributed by atoms with E-state index in [0.29, 0.717) is 10.6 Å². The lowest BCUT2D eigenvalue weighted by atomic mass is 10.2. The van der Waals surface area contributed by atoms with Gasteiger partial charge in [0.05, 0.1) is 26.2 Å². The highest BCUT2D eigenvalue weighted by Crippen LogP contribution is 2.34. The van der Waals surface area contributed by atoms with E-state index < -0.39 is 0 Å². The predicted octanol–water partition coefficient (Wildman–Crippen LogP) is 5.81. The summed E-state index contributed by atoms with van der Waals surface area (Å²) in [5.41, 5.74) is 2.79. The smallest absolute Gasteiger partial charge is 0.257 e. The molecule has 5 heteroatoms. The number of fused-ring (bicyclic) bond motifs is 1. The molecule has 4 rings (SSSR count). The van der Waals surface area contributed by atoms with Gasteiger partial charge in [-0.05, 0) is 36.4 Å². The molecule has 0 saturated carbocycles. The van der Waals surface area contributed by atoms with Crippen molar-refractivity contribution in [3.63, 3.8) is 0 Å². The number of aromatic nitrogens is 1. The Morgan fingerprint density at radius 1 is 1.04 bits per heavy atom. The lowest BCUT2D eigenvalue weighted by Crippen LogP contribution is -2.11. The van der Waals surface area contributed by atoms with E-state index >= 15 is 0 Å². The van der Waals surface area contributed by atoms with Crippen molar-refractivity contribution in [2.45, 2.75) is 0 Å². The normalized spacial score (nSPS) is 11.0. The Morgan fingerprint density at radius 2 is 1.80 bits per heavy atom. The Kier molecular flexibility index (Phi) is 4.07. The standard InChI is InChI=1S/C20H15ClN2OS/c1-23-16-9-5-2-6-13(16)12-17(23)18-10-11-19(25-18)22-20(24)14-7-3-4-8-15(14)21/h2-12H,1H3,(H,22,24). The molecule has 124 valence electrons. The molecule has 2 aromatic carbocycles. The molecule has 0 spiro atoms. The van der Waals surface area contributed by atoms with Gasteiger partial charge in [-0.1, -0.05) is 41.9 Å². The Hall–Kier alpha value is -2.56. The predicted molar refractivity (Wildman–Crippen MR) is 106 cm³/mol. The lowest BCUT2D eigenvalue weighted by molar-refractivity contribution is 0.102. The number of thiophene rings is 1. The highest BCUT2D eigenvalue weighted by molar-refractivity contribution is 7.19. The highest BCUT2D eigenvalue weighted by atomic mass is 35.5. The SMILES string of the molecule is Cn1c(-c2ccc(NC(=O)c3ccccc3Cl)s2)cc2ccccc21. The summed E-state index contributed by atoms with van der Waals surface area (Å²) in [5.74, 6) is -0.198. The first-order chi connectivity index (χ1) is 12.1. The molecule has 4 aromatic rings. The summed E-state index contributed by atoms with van der Waals surface area (Å²) in [6, 6.07) is 21.4. The van der Waals surface area contributed by atoms with Crippen LogP contribution in [0.25, 0.3) is 21.5 Å². The van der Waals surface area contributed by atoms with Gasteiger partial charge in [-0.25, -0.2) is 0 Å². The first-order valence-electron chi connectivity index (χ1n) is 7.84.